The predicted octanol–water partition coefficient (Wildman–Crippen LogP) is 4.73. The fourth-order valence-electron chi connectivity index (χ4n) is 2.14. The van der Waals surface area contributed by atoms with Gasteiger partial charge in [-0.25, -0.2) is 4.79 Å². The molecule has 0 unspecified atom stereocenters. The molecule has 2 aromatic rings. The normalized spacial score (nSPS) is 11.1. The van der Waals surface area contributed by atoms with Crippen LogP contribution in [0.15, 0.2) is 42.5 Å². The van der Waals surface area contributed by atoms with Crippen LogP contribution < -0.4 is 15.4 Å². The zero-order valence-electron chi connectivity index (χ0n) is 13.3. The summed E-state index contributed by atoms with van der Waals surface area (Å²) in [5.74, 6) is 0.719. The average molecular weight is 373 g/mol. The number of hydrogen-bond acceptors (Lipinski definition) is 2. The van der Waals surface area contributed by atoms with Gasteiger partial charge in [0.2, 0.25) is 0 Å². The minimum absolute atomic E-state index is 0.0576. The Morgan fingerprint density at radius 2 is 1.84 bits per heavy atom. The van der Waals surface area contributed by atoms with Gasteiger partial charge in [0.05, 0.1) is 18.4 Å². The highest BCUT2D eigenvalue weighted by molar-refractivity contribution is 6.30. The highest BCUT2D eigenvalue weighted by atomic mass is 35.5. The molecule has 4 nitrogen and oxygen atoms in total. The summed E-state index contributed by atoms with van der Waals surface area (Å²) in [5, 5.41) is 4.66. The summed E-state index contributed by atoms with van der Waals surface area (Å²) < 4.78 is 44.0. The number of nitrogens with one attached hydrogen (secondary N) is 2. The molecule has 0 radical (unpaired) electrons. The van der Waals surface area contributed by atoms with Gasteiger partial charge in [-0.3, -0.25) is 0 Å². The third kappa shape index (κ3) is 5.56. The number of benzene rings is 2. The summed E-state index contributed by atoms with van der Waals surface area (Å²) in [5.41, 5.74) is -0.382. The van der Waals surface area contributed by atoms with Crippen LogP contribution in [0.4, 0.5) is 23.7 Å². The van der Waals surface area contributed by atoms with E-state index in [4.69, 9.17) is 16.3 Å². The number of carbonyl (C=O) groups is 1. The molecule has 25 heavy (non-hydrogen) atoms. The van der Waals surface area contributed by atoms with Crippen molar-refractivity contribution in [1.29, 1.82) is 0 Å². The van der Waals surface area contributed by atoms with Crippen LogP contribution in [-0.2, 0) is 12.6 Å². The first-order valence-electron chi connectivity index (χ1n) is 7.34. The van der Waals surface area contributed by atoms with E-state index < -0.39 is 17.8 Å². The van der Waals surface area contributed by atoms with Gasteiger partial charge in [0.1, 0.15) is 5.75 Å². The average Bonchev–Trinajstić information content (AvgIpc) is 2.56. The molecule has 0 bridgehead atoms. The summed E-state index contributed by atoms with van der Waals surface area (Å²) in [6, 6.07) is 9.73. The lowest BCUT2D eigenvalue weighted by Crippen LogP contribution is -2.31. The molecule has 0 heterocycles. The number of carbonyl (C=O) groups excluding carboxylic acids is 1. The molecule has 0 aliphatic rings. The third-order valence-corrected chi connectivity index (χ3v) is 3.63. The molecule has 0 aliphatic heterocycles. The monoisotopic (exact) mass is 372 g/mol. The topological polar surface area (TPSA) is 50.4 Å². The lowest BCUT2D eigenvalue weighted by molar-refractivity contribution is -0.136. The van der Waals surface area contributed by atoms with Gasteiger partial charge in [0, 0.05) is 11.6 Å². The maximum Gasteiger partial charge on any atom is 0.418 e. The van der Waals surface area contributed by atoms with Crippen LogP contribution in [0.2, 0.25) is 5.02 Å². The minimum Gasteiger partial charge on any atom is -0.497 e. The van der Waals surface area contributed by atoms with Gasteiger partial charge in [-0.2, -0.15) is 13.2 Å². The van der Waals surface area contributed by atoms with Gasteiger partial charge >= 0.3 is 12.2 Å². The van der Waals surface area contributed by atoms with Gasteiger partial charge in [0.25, 0.3) is 0 Å². The van der Waals surface area contributed by atoms with E-state index in [9.17, 15) is 18.0 Å². The number of alkyl halides is 3. The molecule has 0 saturated heterocycles. The summed E-state index contributed by atoms with van der Waals surface area (Å²) in [6.07, 6.45) is -4.08. The Hall–Kier alpha value is -2.41. The van der Waals surface area contributed by atoms with Crippen molar-refractivity contribution in [2.24, 2.45) is 0 Å². The summed E-state index contributed by atoms with van der Waals surface area (Å²) in [4.78, 5) is 11.8. The number of rotatable bonds is 5. The van der Waals surface area contributed by atoms with E-state index in [2.05, 4.69) is 10.6 Å². The van der Waals surface area contributed by atoms with E-state index >= 15 is 0 Å². The van der Waals surface area contributed by atoms with Crippen molar-refractivity contribution in [2.45, 2.75) is 12.6 Å². The third-order valence-electron chi connectivity index (χ3n) is 3.39. The quantitative estimate of drug-likeness (QED) is 0.797. The van der Waals surface area contributed by atoms with Crippen LogP contribution in [0.3, 0.4) is 0 Å². The molecule has 2 amide bonds. The van der Waals surface area contributed by atoms with Crippen molar-refractivity contribution in [3.63, 3.8) is 0 Å². The molecule has 0 spiro atoms. The number of amides is 2. The fourth-order valence-corrected chi connectivity index (χ4v) is 2.31. The fraction of sp³-hybridized carbons (Fsp3) is 0.235. The van der Waals surface area contributed by atoms with Crippen LogP contribution in [0.1, 0.15) is 11.1 Å². The molecular weight excluding hydrogens is 357 g/mol. The van der Waals surface area contributed by atoms with Crippen molar-refractivity contribution in [3.8, 4) is 5.75 Å². The first kappa shape index (κ1) is 18.9. The molecule has 0 fully saturated rings. The Labute approximate surface area is 147 Å². The molecule has 0 aromatic heterocycles. The molecule has 0 saturated carbocycles. The SMILES string of the molecule is COc1ccc(CCNC(=O)Nc2ccc(Cl)cc2C(F)(F)F)cc1. The number of anilines is 1. The molecule has 0 atom stereocenters. The highest BCUT2D eigenvalue weighted by Gasteiger charge is 2.34. The van der Waals surface area contributed by atoms with Crippen LogP contribution in [-0.4, -0.2) is 19.7 Å². The van der Waals surface area contributed by atoms with E-state index in [0.29, 0.717) is 6.42 Å². The largest absolute Gasteiger partial charge is 0.497 e. The summed E-state index contributed by atoms with van der Waals surface area (Å²) >= 11 is 5.60. The van der Waals surface area contributed by atoms with Gasteiger partial charge < -0.3 is 15.4 Å². The number of ether oxygens (including phenoxy) is 1. The first-order valence-corrected chi connectivity index (χ1v) is 7.72. The van der Waals surface area contributed by atoms with E-state index in [-0.39, 0.29) is 17.3 Å². The van der Waals surface area contributed by atoms with Crippen LogP contribution in [0, 0.1) is 0 Å². The molecule has 8 heteroatoms. The Morgan fingerprint density at radius 3 is 2.44 bits per heavy atom. The molecular formula is C17H16ClF3N2O2. The second-order valence-corrected chi connectivity index (χ2v) is 5.60. The second-order valence-electron chi connectivity index (χ2n) is 5.17. The molecule has 2 aromatic carbocycles. The van der Waals surface area contributed by atoms with Crippen molar-refractivity contribution >= 4 is 23.3 Å². The maximum atomic E-state index is 13.0. The van der Waals surface area contributed by atoms with E-state index in [1.165, 1.54) is 6.07 Å². The Kier molecular flexibility index (Phi) is 6.14. The van der Waals surface area contributed by atoms with E-state index in [0.717, 1.165) is 23.4 Å². The Morgan fingerprint density at radius 1 is 1.16 bits per heavy atom. The number of urea groups is 1. The molecule has 2 N–H and O–H groups in total. The van der Waals surface area contributed by atoms with Gasteiger partial charge in [0.15, 0.2) is 0 Å². The predicted molar refractivity (Wildman–Crippen MR) is 90.2 cm³/mol. The lowest BCUT2D eigenvalue weighted by Gasteiger charge is -2.14. The van der Waals surface area contributed by atoms with Crippen molar-refractivity contribution in [3.05, 3.63) is 58.6 Å². The zero-order chi connectivity index (χ0) is 18.4. The maximum absolute atomic E-state index is 13.0. The Balaban J connectivity index is 1.92. The van der Waals surface area contributed by atoms with Gasteiger partial charge in [-0.15, -0.1) is 0 Å². The van der Waals surface area contributed by atoms with Crippen molar-refractivity contribution in [1.82, 2.24) is 5.32 Å². The van der Waals surface area contributed by atoms with Crippen molar-refractivity contribution < 1.29 is 22.7 Å². The summed E-state index contributed by atoms with van der Waals surface area (Å²) in [6.45, 7) is 0.271. The number of hydrogen-bond donors (Lipinski definition) is 2. The van der Waals surface area contributed by atoms with Crippen LogP contribution in [0.5, 0.6) is 5.75 Å². The standard InChI is InChI=1S/C17H16ClF3N2O2/c1-25-13-5-2-11(3-6-13)8-9-22-16(24)23-15-7-4-12(18)10-14(15)17(19,20)21/h2-7,10H,8-9H2,1H3,(H2,22,23,24). The molecule has 2 rings (SSSR count). The van der Waals surface area contributed by atoms with Crippen LogP contribution >= 0.6 is 11.6 Å². The summed E-state index contributed by atoms with van der Waals surface area (Å²) in [7, 11) is 1.56. The van der Waals surface area contributed by atoms with Gasteiger partial charge in [-0.1, -0.05) is 23.7 Å². The number of methoxy groups -OCH3 is 1. The first-order chi connectivity index (χ1) is 11.8. The van der Waals surface area contributed by atoms with E-state index in [1.54, 1.807) is 19.2 Å². The van der Waals surface area contributed by atoms with Gasteiger partial charge in [-0.05, 0) is 42.3 Å². The second kappa shape index (κ2) is 8.11. The van der Waals surface area contributed by atoms with E-state index in [1.807, 2.05) is 12.1 Å². The van der Waals surface area contributed by atoms with Crippen LogP contribution in [0.25, 0.3) is 0 Å². The number of halogens is 4. The zero-order valence-corrected chi connectivity index (χ0v) is 14.0. The molecule has 0 aliphatic carbocycles. The highest BCUT2D eigenvalue weighted by Crippen LogP contribution is 2.36. The molecule has 134 valence electrons. The smallest absolute Gasteiger partial charge is 0.418 e. The minimum atomic E-state index is -4.61. The lowest BCUT2D eigenvalue weighted by atomic mass is 10.1. The Bertz CT molecular complexity index is 734. The van der Waals surface area contributed by atoms with Crippen molar-refractivity contribution in [2.75, 3.05) is 19.0 Å².